The van der Waals surface area contributed by atoms with Crippen molar-refractivity contribution in [3.05, 3.63) is 39.5 Å². The van der Waals surface area contributed by atoms with Gasteiger partial charge in [0.2, 0.25) is 5.91 Å². The first-order valence-corrected chi connectivity index (χ1v) is 9.47. The fourth-order valence-corrected chi connectivity index (χ4v) is 4.70. The lowest BCUT2D eigenvalue weighted by molar-refractivity contribution is -0.129. The number of thiazole rings is 2. The van der Waals surface area contributed by atoms with E-state index in [1.807, 2.05) is 27.1 Å². The van der Waals surface area contributed by atoms with Crippen molar-refractivity contribution in [2.45, 2.75) is 26.2 Å². The van der Waals surface area contributed by atoms with Gasteiger partial charge in [0, 0.05) is 48.4 Å². The molecule has 1 unspecified atom stereocenters. The number of carbonyl (C=O) groups is 1. The van der Waals surface area contributed by atoms with Gasteiger partial charge >= 0.3 is 0 Å². The van der Waals surface area contributed by atoms with Gasteiger partial charge in [0.05, 0.1) is 17.1 Å². The number of aromatic nitrogens is 3. The van der Waals surface area contributed by atoms with E-state index in [1.54, 1.807) is 22.7 Å². The first kappa shape index (κ1) is 14.8. The van der Waals surface area contributed by atoms with Crippen molar-refractivity contribution in [3.8, 4) is 0 Å². The molecule has 5 nitrogen and oxygen atoms in total. The summed E-state index contributed by atoms with van der Waals surface area (Å²) in [5.41, 5.74) is 0.865. The maximum absolute atomic E-state index is 12.5. The molecule has 1 fully saturated rings. The second-order valence-electron chi connectivity index (χ2n) is 6.07. The van der Waals surface area contributed by atoms with Crippen LogP contribution in [0.25, 0.3) is 4.96 Å². The van der Waals surface area contributed by atoms with Crippen molar-refractivity contribution in [3.63, 3.8) is 0 Å². The minimum atomic E-state index is 0.189. The number of likely N-dealkylation sites (tertiary alicyclic amines) is 1. The van der Waals surface area contributed by atoms with Gasteiger partial charge in [0.25, 0.3) is 0 Å². The van der Waals surface area contributed by atoms with Gasteiger partial charge in [-0.3, -0.25) is 9.20 Å². The maximum Gasteiger partial charge on any atom is 0.228 e. The fraction of sp³-hybridized carbons (Fsp3) is 0.438. The average molecular weight is 346 g/mol. The van der Waals surface area contributed by atoms with Gasteiger partial charge in [-0.2, -0.15) is 0 Å². The topological polar surface area (TPSA) is 50.5 Å². The van der Waals surface area contributed by atoms with E-state index in [4.69, 9.17) is 0 Å². The number of hydrogen-bond donors (Lipinski definition) is 0. The third-order valence-electron chi connectivity index (χ3n) is 4.24. The number of fused-ring (bicyclic) bond motifs is 1. The van der Waals surface area contributed by atoms with Crippen LogP contribution in [0.5, 0.6) is 0 Å². The molecule has 0 aliphatic carbocycles. The molecule has 1 saturated heterocycles. The van der Waals surface area contributed by atoms with Crippen molar-refractivity contribution in [2.75, 3.05) is 13.1 Å². The highest BCUT2D eigenvalue weighted by atomic mass is 32.1. The first-order chi connectivity index (χ1) is 11.2. The standard InChI is InChI=1S/C16H18N4OS2/c1-11-8-20-10-13(18-16(20)23-11)7-15(21)19-4-2-12(9-19)6-14-17-3-5-22-14/h3,5,8,10,12H,2,4,6-7,9H2,1H3. The van der Waals surface area contributed by atoms with Crippen LogP contribution in [0.15, 0.2) is 24.0 Å². The lowest BCUT2D eigenvalue weighted by Gasteiger charge is -2.15. The van der Waals surface area contributed by atoms with Crippen molar-refractivity contribution >= 4 is 33.5 Å². The highest BCUT2D eigenvalue weighted by molar-refractivity contribution is 7.16. The van der Waals surface area contributed by atoms with Crippen LogP contribution in [0.2, 0.25) is 0 Å². The zero-order valence-electron chi connectivity index (χ0n) is 12.9. The quantitative estimate of drug-likeness (QED) is 0.730. The maximum atomic E-state index is 12.5. The molecule has 120 valence electrons. The van der Waals surface area contributed by atoms with Crippen LogP contribution in [0.4, 0.5) is 0 Å². The molecule has 0 radical (unpaired) electrons. The third-order valence-corrected chi connectivity index (χ3v) is 5.95. The Bertz CT molecular complexity index is 789. The molecule has 4 rings (SSSR count). The number of aryl methyl sites for hydroxylation is 1. The zero-order chi connectivity index (χ0) is 15.8. The van der Waals surface area contributed by atoms with E-state index in [0.717, 1.165) is 36.6 Å². The monoisotopic (exact) mass is 346 g/mol. The van der Waals surface area contributed by atoms with E-state index < -0.39 is 0 Å². The molecular formula is C16H18N4OS2. The van der Waals surface area contributed by atoms with Crippen LogP contribution >= 0.6 is 22.7 Å². The van der Waals surface area contributed by atoms with Gasteiger partial charge in [-0.05, 0) is 19.3 Å². The molecule has 1 aliphatic rings. The molecule has 0 spiro atoms. The van der Waals surface area contributed by atoms with Crippen molar-refractivity contribution in [2.24, 2.45) is 5.92 Å². The summed E-state index contributed by atoms with van der Waals surface area (Å²) in [5.74, 6) is 0.729. The average Bonchev–Trinajstić information content (AvgIpc) is 3.23. The molecule has 0 saturated carbocycles. The molecule has 0 aromatic carbocycles. The normalized spacial score (nSPS) is 18.1. The van der Waals surface area contributed by atoms with Crippen molar-refractivity contribution < 1.29 is 4.79 Å². The Morgan fingerprint density at radius 3 is 3.13 bits per heavy atom. The van der Waals surface area contributed by atoms with Crippen LogP contribution in [0, 0.1) is 12.8 Å². The number of nitrogens with zero attached hydrogens (tertiary/aromatic N) is 4. The third kappa shape index (κ3) is 3.16. The van der Waals surface area contributed by atoms with Gasteiger partial charge < -0.3 is 4.90 Å². The van der Waals surface area contributed by atoms with Gasteiger partial charge in [0.15, 0.2) is 4.96 Å². The summed E-state index contributed by atoms with van der Waals surface area (Å²) in [4.78, 5) is 25.6. The predicted octanol–water partition coefficient (Wildman–Crippen LogP) is 2.79. The Balaban J connectivity index is 1.36. The molecule has 23 heavy (non-hydrogen) atoms. The van der Waals surface area contributed by atoms with E-state index in [0.29, 0.717) is 12.3 Å². The van der Waals surface area contributed by atoms with Crippen LogP contribution in [-0.4, -0.2) is 38.3 Å². The summed E-state index contributed by atoms with van der Waals surface area (Å²) < 4.78 is 2.01. The Labute approximate surface area is 142 Å². The zero-order valence-corrected chi connectivity index (χ0v) is 14.6. The van der Waals surface area contributed by atoms with Crippen LogP contribution in [0.3, 0.4) is 0 Å². The molecule has 0 bridgehead atoms. The molecule has 1 aliphatic heterocycles. The highest BCUT2D eigenvalue weighted by Crippen LogP contribution is 2.23. The second kappa shape index (κ2) is 6.05. The van der Waals surface area contributed by atoms with Gasteiger partial charge in [0.1, 0.15) is 0 Å². The van der Waals surface area contributed by atoms with Crippen molar-refractivity contribution in [1.82, 2.24) is 19.3 Å². The Morgan fingerprint density at radius 2 is 2.35 bits per heavy atom. The van der Waals surface area contributed by atoms with Crippen LogP contribution < -0.4 is 0 Å². The summed E-state index contributed by atoms with van der Waals surface area (Å²) in [6.45, 7) is 3.77. The molecule has 3 aromatic rings. The molecule has 1 amide bonds. The highest BCUT2D eigenvalue weighted by Gasteiger charge is 2.27. The number of hydrogen-bond acceptors (Lipinski definition) is 5. The molecule has 0 N–H and O–H groups in total. The lowest BCUT2D eigenvalue weighted by atomic mass is 10.1. The fourth-order valence-electron chi connectivity index (χ4n) is 3.14. The Kier molecular flexibility index (Phi) is 3.90. The number of amides is 1. The predicted molar refractivity (Wildman–Crippen MR) is 92.0 cm³/mol. The summed E-state index contributed by atoms with van der Waals surface area (Å²) in [5, 5.41) is 3.19. The van der Waals surface area contributed by atoms with Crippen LogP contribution in [-0.2, 0) is 17.6 Å². The van der Waals surface area contributed by atoms with Gasteiger partial charge in [-0.15, -0.1) is 22.7 Å². The van der Waals surface area contributed by atoms with E-state index >= 15 is 0 Å². The Hall–Kier alpha value is -1.73. The van der Waals surface area contributed by atoms with Gasteiger partial charge in [-0.1, -0.05) is 0 Å². The van der Waals surface area contributed by atoms with Crippen molar-refractivity contribution in [1.29, 1.82) is 0 Å². The van der Waals surface area contributed by atoms with E-state index in [2.05, 4.69) is 23.1 Å². The second-order valence-corrected chi connectivity index (χ2v) is 8.26. The van der Waals surface area contributed by atoms with E-state index in [1.165, 1.54) is 9.88 Å². The Morgan fingerprint density at radius 1 is 1.43 bits per heavy atom. The van der Waals surface area contributed by atoms with Crippen LogP contribution in [0.1, 0.15) is 22.0 Å². The molecule has 1 atom stereocenters. The van der Waals surface area contributed by atoms with E-state index in [-0.39, 0.29) is 5.91 Å². The minimum absolute atomic E-state index is 0.189. The SMILES string of the molecule is Cc1cn2cc(CC(=O)N3CCC(Cc4nccs4)C3)nc2s1. The molecular weight excluding hydrogens is 328 g/mol. The van der Waals surface area contributed by atoms with E-state index in [9.17, 15) is 4.79 Å². The minimum Gasteiger partial charge on any atom is -0.342 e. The lowest BCUT2D eigenvalue weighted by Crippen LogP contribution is -2.30. The molecule has 4 heterocycles. The smallest absolute Gasteiger partial charge is 0.228 e. The summed E-state index contributed by atoms with van der Waals surface area (Å²) in [6, 6.07) is 0. The summed E-state index contributed by atoms with van der Waals surface area (Å²) in [7, 11) is 0. The molecule has 3 aromatic heterocycles. The molecule has 7 heteroatoms. The summed E-state index contributed by atoms with van der Waals surface area (Å²) >= 11 is 3.36. The number of rotatable bonds is 4. The largest absolute Gasteiger partial charge is 0.342 e. The van der Waals surface area contributed by atoms with Gasteiger partial charge in [-0.25, -0.2) is 9.97 Å². The summed E-state index contributed by atoms with van der Waals surface area (Å²) in [6.07, 6.45) is 8.34. The number of imidazole rings is 1. The number of carbonyl (C=O) groups excluding carboxylic acids is 1. The first-order valence-electron chi connectivity index (χ1n) is 7.77.